The van der Waals surface area contributed by atoms with Gasteiger partial charge in [-0.3, -0.25) is 0 Å². The Kier molecular flexibility index (Phi) is 6.55. The maximum atomic E-state index is 8.24. The summed E-state index contributed by atoms with van der Waals surface area (Å²) in [5.41, 5.74) is 6.24. The van der Waals surface area contributed by atoms with Crippen LogP contribution in [0.2, 0.25) is 0 Å². The molecule has 255 valence electrons. The van der Waals surface area contributed by atoms with Gasteiger partial charge in [0.15, 0.2) is 0 Å². The van der Waals surface area contributed by atoms with Crippen molar-refractivity contribution in [2.75, 3.05) is 0 Å². The van der Waals surface area contributed by atoms with Gasteiger partial charge in [-0.2, -0.15) is 0 Å². The zero-order valence-corrected chi connectivity index (χ0v) is 29.8. The SMILES string of the molecule is [2H]C([2H])([2H])c1ccc(-c2[c-]cc(C([2H])([2H])[2H])c(-c3ccccc3)c2)nc1.[2H]C([2H])([2H])c1ccc2c(n1)oc1c(-c3cc(-c4ccc5ccccc5c4C([2H])([2H])[2H])ccn3)[c-]ccc12.[Ir]. The summed E-state index contributed by atoms with van der Waals surface area (Å²) in [6.45, 7) is -9.15. The van der Waals surface area contributed by atoms with Crippen LogP contribution in [0.1, 0.15) is 38.8 Å². The molecule has 9 rings (SSSR count). The topological polar surface area (TPSA) is 51.8 Å². The first-order chi connectivity index (χ1) is 29.8. The molecule has 0 fully saturated rings. The molecule has 52 heavy (non-hydrogen) atoms. The predicted octanol–water partition coefficient (Wildman–Crippen LogP) is 12.1. The third-order valence-corrected chi connectivity index (χ3v) is 8.63. The Hall–Kier alpha value is -5.74. The van der Waals surface area contributed by atoms with Gasteiger partial charge >= 0.3 is 0 Å². The first-order valence-corrected chi connectivity index (χ1v) is 16.1. The van der Waals surface area contributed by atoms with E-state index in [1.165, 1.54) is 24.4 Å². The monoisotopic (exact) mass is 862 g/mol. The van der Waals surface area contributed by atoms with E-state index in [1.54, 1.807) is 36.5 Å². The second kappa shape index (κ2) is 14.9. The summed E-state index contributed by atoms with van der Waals surface area (Å²) >= 11 is 0. The van der Waals surface area contributed by atoms with E-state index in [2.05, 4.69) is 27.1 Å². The minimum absolute atomic E-state index is 0. The number of hydrogen-bond acceptors (Lipinski definition) is 4. The minimum Gasteiger partial charge on any atom is -0.486 e. The first kappa shape index (κ1) is 22.9. The van der Waals surface area contributed by atoms with E-state index in [9.17, 15) is 0 Å². The summed E-state index contributed by atoms with van der Waals surface area (Å²) in [6, 6.07) is 43.3. The van der Waals surface area contributed by atoms with Crippen molar-refractivity contribution in [2.24, 2.45) is 0 Å². The van der Waals surface area contributed by atoms with Gasteiger partial charge in [0, 0.05) is 60.0 Å². The van der Waals surface area contributed by atoms with E-state index in [4.69, 9.17) is 20.9 Å². The van der Waals surface area contributed by atoms with Crippen molar-refractivity contribution in [1.29, 1.82) is 0 Å². The molecule has 4 nitrogen and oxygen atoms in total. The number of nitrogens with zero attached hydrogens (tertiary/aromatic N) is 3. The van der Waals surface area contributed by atoms with Gasteiger partial charge in [0.05, 0.1) is 5.58 Å². The normalized spacial score (nSPS) is 15.3. The summed E-state index contributed by atoms with van der Waals surface area (Å²) in [6.07, 6.45) is 2.94. The second-order valence-electron chi connectivity index (χ2n) is 11.9. The van der Waals surface area contributed by atoms with Crippen LogP contribution in [0.15, 0.2) is 144 Å². The summed E-state index contributed by atoms with van der Waals surface area (Å²) < 4.78 is 99.3. The maximum absolute atomic E-state index is 8.24. The molecule has 4 aromatic heterocycles. The smallest absolute Gasteiger partial charge is 0.216 e. The van der Waals surface area contributed by atoms with Gasteiger partial charge in [-0.05, 0) is 88.7 Å². The van der Waals surface area contributed by atoms with Crippen LogP contribution in [0.5, 0.6) is 0 Å². The van der Waals surface area contributed by atoms with E-state index in [0.29, 0.717) is 55.6 Å². The largest absolute Gasteiger partial charge is 0.486 e. The fourth-order valence-electron chi connectivity index (χ4n) is 6.11. The number of pyridine rings is 3. The standard InChI is InChI=1S/C28H19N2O.C19H16N.Ir/c1-17-10-12-24-23-8-5-9-25(27(23)31-28(24)30-17)26-16-20(14-15-29-26)22-13-11-19-6-3-4-7-21(19)18(22)2;1-14-8-11-19(20-13-14)17-10-9-15(2)18(12-17)16-6-4-3-5-7-16;/h3-8,10-16H,1-2H3;3-9,11-13H,1-2H3;/q2*-1;/i2*1D3,2D3;. The number of rotatable bonds is 4. The van der Waals surface area contributed by atoms with E-state index in [1.807, 2.05) is 78.9 Å². The van der Waals surface area contributed by atoms with Crippen molar-refractivity contribution in [3.05, 3.63) is 174 Å². The van der Waals surface area contributed by atoms with Crippen molar-refractivity contribution in [3.8, 4) is 44.8 Å². The van der Waals surface area contributed by atoms with Crippen molar-refractivity contribution >= 4 is 32.8 Å². The van der Waals surface area contributed by atoms with Crippen LogP contribution in [-0.4, -0.2) is 15.0 Å². The van der Waals surface area contributed by atoms with E-state index < -0.39 is 27.4 Å². The number of aromatic nitrogens is 3. The molecule has 5 aromatic carbocycles. The molecular weight excluding hydrogens is 815 g/mol. The Bertz CT molecular complexity index is 3120. The second-order valence-corrected chi connectivity index (χ2v) is 11.9. The van der Waals surface area contributed by atoms with Gasteiger partial charge in [-0.1, -0.05) is 108 Å². The van der Waals surface area contributed by atoms with Crippen LogP contribution in [0.3, 0.4) is 0 Å². The van der Waals surface area contributed by atoms with E-state index in [-0.39, 0.29) is 48.2 Å². The zero-order chi connectivity index (χ0) is 44.9. The molecule has 1 radical (unpaired) electrons. The fourth-order valence-corrected chi connectivity index (χ4v) is 6.11. The van der Waals surface area contributed by atoms with Crippen LogP contribution < -0.4 is 0 Å². The number of benzene rings is 5. The van der Waals surface area contributed by atoms with Gasteiger partial charge in [-0.25, -0.2) is 4.98 Å². The minimum atomic E-state index is -2.35. The Morgan fingerprint density at radius 1 is 0.654 bits per heavy atom. The number of hydrogen-bond donors (Lipinski definition) is 0. The quantitative estimate of drug-likeness (QED) is 0.165. The number of furan rings is 1. The van der Waals surface area contributed by atoms with Crippen molar-refractivity contribution < 1.29 is 41.0 Å². The molecule has 0 aliphatic carbocycles. The molecule has 9 aromatic rings. The van der Waals surface area contributed by atoms with Gasteiger partial charge < -0.3 is 14.4 Å². The molecule has 0 N–H and O–H groups in total. The molecule has 0 aliphatic heterocycles. The van der Waals surface area contributed by atoms with Gasteiger partial charge in [0.25, 0.3) is 0 Å². The zero-order valence-electron chi connectivity index (χ0n) is 39.4. The predicted molar refractivity (Wildman–Crippen MR) is 209 cm³/mol. The average Bonchev–Trinajstić information content (AvgIpc) is 3.63. The van der Waals surface area contributed by atoms with Crippen molar-refractivity contribution in [2.45, 2.75) is 27.4 Å². The maximum Gasteiger partial charge on any atom is 0.216 e. The molecule has 0 aliphatic rings. The molecule has 0 unspecified atom stereocenters. The molecule has 0 bridgehead atoms. The molecule has 0 atom stereocenters. The van der Waals surface area contributed by atoms with Crippen molar-refractivity contribution in [1.82, 2.24) is 15.0 Å². The van der Waals surface area contributed by atoms with Gasteiger partial charge in [-0.15, -0.1) is 47.5 Å². The van der Waals surface area contributed by atoms with Crippen LogP contribution >= 0.6 is 0 Å². The molecule has 0 amide bonds. The Balaban J connectivity index is 0.000000201. The third kappa shape index (κ3) is 6.81. The van der Waals surface area contributed by atoms with Crippen LogP contribution in [0.4, 0.5) is 0 Å². The van der Waals surface area contributed by atoms with Gasteiger partial charge in [0.1, 0.15) is 0 Å². The molecule has 4 heterocycles. The molecule has 0 saturated heterocycles. The van der Waals surface area contributed by atoms with Crippen LogP contribution in [0, 0.1) is 39.5 Å². The molecule has 0 saturated carbocycles. The third-order valence-electron chi connectivity index (χ3n) is 8.63. The average molecular weight is 862 g/mol. The molecule has 0 spiro atoms. The molecule has 5 heteroatoms. The Labute approximate surface area is 334 Å². The Morgan fingerprint density at radius 2 is 1.56 bits per heavy atom. The molecular formula is C47H35IrN3O-2. The number of fused-ring (bicyclic) bond motifs is 4. The van der Waals surface area contributed by atoms with Gasteiger partial charge in [0.2, 0.25) is 5.71 Å². The summed E-state index contributed by atoms with van der Waals surface area (Å²) in [4.78, 5) is 13.0. The number of aryl methyl sites for hydroxylation is 4. The van der Waals surface area contributed by atoms with E-state index >= 15 is 0 Å². The van der Waals surface area contributed by atoms with Crippen LogP contribution in [-0.2, 0) is 20.1 Å². The summed E-state index contributed by atoms with van der Waals surface area (Å²) in [5.74, 6) is 0. The summed E-state index contributed by atoms with van der Waals surface area (Å²) in [5, 5.41) is 2.99. The van der Waals surface area contributed by atoms with E-state index in [0.717, 1.165) is 16.3 Å². The Morgan fingerprint density at radius 3 is 2.38 bits per heavy atom. The first-order valence-electron chi connectivity index (χ1n) is 22.1. The van der Waals surface area contributed by atoms with Crippen LogP contribution in [0.25, 0.3) is 77.6 Å². The summed E-state index contributed by atoms with van der Waals surface area (Å²) in [7, 11) is 0. The van der Waals surface area contributed by atoms with Crippen molar-refractivity contribution in [3.63, 3.8) is 0 Å². The fraction of sp³-hybridized carbons (Fsp3) is 0.0851.